The minimum absolute atomic E-state index is 0.248. The zero-order valence-electron chi connectivity index (χ0n) is 14.2. The minimum atomic E-state index is -0.880. The number of carbonyl (C=O) groups is 1. The molecule has 0 saturated carbocycles. The number of carbonyl (C=O) groups excluding carboxylic acids is 1. The minimum Gasteiger partial charge on any atom is -0.388 e. The second-order valence-electron chi connectivity index (χ2n) is 6.78. The van der Waals surface area contributed by atoms with Crippen molar-refractivity contribution in [2.24, 2.45) is 0 Å². The number of rotatable bonds is 3. The van der Waals surface area contributed by atoms with Crippen LogP contribution in [0.1, 0.15) is 28.7 Å². The molecular formula is C20H24N2O2. The summed E-state index contributed by atoms with van der Waals surface area (Å²) in [5.74, 6) is 0. The maximum absolute atomic E-state index is 12.1. The molecule has 0 fully saturated rings. The Morgan fingerprint density at radius 1 is 1.12 bits per heavy atom. The molecule has 0 bridgehead atoms. The number of fused-ring (bicyclic) bond motifs is 1. The highest BCUT2D eigenvalue weighted by Gasteiger charge is 2.32. The highest BCUT2D eigenvalue weighted by molar-refractivity contribution is 5.89. The Balaban J connectivity index is 1.57. The SMILES string of the molecule is Cc1ccc(NC(=O)NCC2(O)CCc3ccccc3C2)cc1C. The molecular weight excluding hydrogens is 300 g/mol. The van der Waals surface area contributed by atoms with Gasteiger partial charge in [-0.25, -0.2) is 4.79 Å². The van der Waals surface area contributed by atoms with Crippen molar-refractivity contribution in [2.45, 2.75) is 38.7 Å². The average molecular weight is 324 g/mol. The molecule has 1 atom stereocenters. The number of benzene rings is 2. The first kappa shape index (κ1) is 16.5. The van der Waals surface area contributed by atoms with Gasteiger partial charge in [-0.05, 0) is 61.1 Å². The van der Waals surface area contributed by atoms with Crippen LogP contribution in [0.5, 0.6) is 0 Å². The van der Waals surface area contributed by atoms with Crippen molar-refractivity contribution in [2.75, 3.05) is 11.9 Å². The highest BCUT2D eigenvalue weighted by atomic mass is 16.3. The zero-order valence-corrected chi connectivity index (χ0v) is 14.2. The van der Waals surface area contributed by atoms with Crippen LogP contribution < -0.4 is 10.6 Å². The van der Waals surface area contributed by atoms with Crippen LogP contribution in [0.2, 0.25) is 0 Å². The van der Waals surface area contributed by atoms with Crippen LogP contribution in [0.15, 0.2) is 42.5 Å². The van der Waals surface area contributed by atoms with Gasteiger partial charge >= 0.3 is 6.03 Å². The number of urea groups is 1. The Bertz CT molecular complexity index is 757. The van der Waals surface area contributed by atoms with Crippen molar-refractivity contribution in [1.29, 1.82) is 0 Å². The van der Waals surface area contributed by atoms with E-state index >= 15 is 0 Å². The molecule has 126 valence electrons. The fraction of sp³-hybridized carbons (Fsp3) is 0.350. The molecule has 1 aliphatic rings. The van der Waals surface area contributed by atoms with E-state index < -0.39 is 5.60 Å². The number of nitrogens with one attached hydrogen (secondary N) is 2. The largest absolute Gasteiger partial charge is 0.388 e. The van der Waals surface area contributed by atoms with E-state index in [0.717, 1.165) is 17.7 Å². The number of hydrogen-bond donors (Lipinski definition) is 3. The van der Waals surface area contributed by atoms with Crippen LogP contribution in [-0.4, -0.2) is 23.3 Å². The summed E-state index contributed by atoms with van der Waals surface area (Å²) in [7, 11) is 0. The van der Waals surface area contributed by atoms with Crippen LogP contribution >= 0.6 is 0 Å². The van der Waals surface area contributed by atoms with Gasteiger partial charge in [-0.3, -0.25) is 0 Å². The Hall–Kier alpha value is -2.33. The van der Waals surface area contributed by atoms with Crippen molar-refractivity contribution in [3.8, 4) is 0 Å². The van der Waals surface area contributed by atoms with Crippen LogP contribution in [0, 0.1) is 13.8 Å². The summed E-state index contributed by atoms with van der Waals surface area (Å²) in [5, 5.41) is 16.4. The lowest BCUT2D eigenvalue weighted by Gasteiger charge is -2.33. The van der Waals surface area contributed by atoms with E-state index in [9.17, 15) is 9.90 Å². The Morgan fingerprint density at radius 3 is 2.62 bits per heavy atom. The van der Waals surface area contributed by atoms with Crippen molar-refractivity contribution >= 4 is 11.7 Å². The van der Waals surface area contributed by atoms with Gasteiger partial charge in [0, 0.05) is 18.7 Å². The smallest absolute Gasteiger partial charge is 0.319 e. The molecule has 2 amide bonds. The van der Waals surface area contributed by atoms with E-state index in [1.54, 1.807) is 0 Å². The lowest BCUT2D eigenvalue weighted by atomic mass is 9.80. The molecule has 4 heteroatoms. The van der Waals surface area contributed by atoms with Gasteiger partial charge in [0.1, 0.15) is 0 Å². The van der Waals surface area contributed by atoms with E-state index in [2.05, 4.69) is 22.8 Å². The molecule has 1 aliphatic carbocycles. The third-order valence-corrected chi connectivity index (χ3v) is 4.84. The molecule has 3 rings (SSSR count). The molecule has 2 aromatic rings. The topological polar surface area (TPSA) is 61.4 Å². The van der Waals surface area contributed by atoms with Crippen molar-refractivity contribution < 1.29 is 9.90 Å². The maximum Gasteiger partial charge on any atom is 0.319 e. The molecule has 0 aliphatic heterocycles. The van der Waals surface area contributed by atoms with E-state index in [1.165, 1.54) is 16.7 Å². The third-order valence-electron chi connectivity index (χ3n) is 4.84. The van der Waals surface area contributed by atoms with Gasteiger partial charge in [-0.2, -0.15) is 0 Å². The predicted octanol–water partition coefficient (Wildman–Crippen LogP) is 3.34. The lowest BCUT2D eigenvalue weighted by Crippen LogP contribution is -2.47. The lowest BCUT2D eigenvalue weighted by molar-refractivity contribution is 0.0295. The standard InChI is InChI=1S/C20H24N2O2/c1-14-7-8-18(11-15(14)2)22-19(23)21-13-20(24)10-9-16-5-3-4-6-17(16)12-20/h3-8,11,24H,9-10,12-13H2,1-2H3,(H2,21,22,23). The fourth-order valence-electron chi connectivity index (χ4n) is 3.17. The number of aliphatic hydroxyl groups is 1. The maximum atomic E-state index is 12.1. The molecule has 0 radical (unpaired) electrons. The second kappa shape index (κ2) is 6.65. The summed E-state index contributed by atoms with van der Waals surface area (Å²) in [5.41, 5.74) is 4.67. The monoisotopic (exact) mass is 324 g/mol. The molecule has 3 N–H and O–H groups in total. The van der Waals surface area contributed by atoms with Crippen molar-refractivity contribution in [1.82, 2.24) is 5.32 Å². The van der Waals surface area contributed by atoms with Gasteiger partial charge in [-0.1, -0.05) is 30.3 Å². The molecule has 0 spiro atoms. The van der Waals surface area contributed by atoms with E-state index in [0.29, 0.717) is 12.8 Å². The quantitative estimate of drug-likeness (QED) is 0.811. The predicted molar refractivity (Wildman–Crippen MR) is 96.4 cm³/mol. The summed E-state index contributed by atoms with van der Waals surface area (Å²) in [6.07, 6.45) is 2.08. The highest BCUT2D eigenvalue weighted by Crippen LogP contribution is 2.28. The summed E-state index contributed by atoms with van der Waals surface area (Å²) in [6.45, 7) is 4.30. The molecule has 0 saturated heterocycles. The zero-order chi connectivity index (χ0) is 17.2. The Morgan fingerprint density at radius 2 is 1.88 bits per heavy atom. The molecule has 0 heterocycles. The molecule has 0 aromatic heterocycles. The summed E-state index contributed by atoms with van der Waals surface area (Å²) >= 11 is 0. The first-order chi connectivity index (χ1) is 11.5. The van der Waals surface area contributed by atoms with E-state index in [1.807, 2.05) is 44.2 Å². The van der Waals surface area contributed by atoms with Crippen molar-refractivity contribution in [3.05, 3.63) is 64.7 Å². The van der Waals surface area contributed by atoms with Gasteiger partial charge in [-0.15, -0.1) is 0 Å². The second-order valence-corrected chi connectivity index (χ2v) is 6.78. The summed E-state index contributed by atoms with van der Waals surface area (Å²) in [6, 6.07) is 13.7. The first-order valence-corrected chi connectivity index (χ1v) is 8.36. The van der Waals surface area contributed by atoms with Gasteiger partial charge in [0.15, 0.2) is 0 Å². The normalized spacial score (nSPS) is 19.5. The molecule has 4 nitrogen and oxygen atoms in total. The van der Waals surface area contributed by atoms with E-state index in [-0.39, 0.29) is 12.6 Å². The van der Waals surface area contributed by atoms with Gasteiger partial charge in [0.25, 0.3) is 0 Å². The van der Waals surface area contributed by atoms with Crippen molar-refractivity contribution in [3.63, 3.8) is 0 Å². The summed E-state index contributed by atoms with van der Waals surface area (Å²) < 4.78 is 0. The Kier molecular flexibility index (Phi) is 4.58. The van der Waals surface area contributed by atoms with Gasteiger partial charge in [0.05, 0.1) is 5.60 Å². The van der Waals surface area contributed by atoms with Crippen LogP contribution in [0.3, 0.4) is 0 Å². The Labute approximate surface area is 142 Å². The molecule has 2 aromatic carbocycles. The van der Waals surface area contributed by atoms with Gasteiger partial charge < -0.3 is 15.7 Å². The fourth-order valence-corrected chi connectivity index (χ4v) is 3.17. The summed E-state index contributed by atoms with van der Waals surface area (Å²) in [4.78, 5) is 12.1. The number of amides is 2. The number of aryl methyl sites for hydroxylation is 3. The average Bonchev–Trinajstić information content (AvgIpc) is 2.56. The van der Waals surface area contributed by atoms with Crippen LogP contribution in [-0.2, 0) is 12.8 Å². The third kappa shape index (κ3) is 3.77. The number of hydrogen-bond acceptors (Lipinski definition) is 2. The first-order valence-electron chi connectivity index (χ1n) is 8.36. The van der Waals surface area contributed by atoms with E-state index in [4.69, 9.17) is 0 Å². The molecule has 1 unspecified atom stereocenters. The number of anilines is 1. The molecule has 24 heavy (non-hydrogen) atoms. The van der Waals surface area contributed by atoms with Crippen LogP contribution in [0.25, 0.3) is 0 Å². The van der Waals surface area contributed by atoms with Crippen LogP contribution in [0.4, 0.5) is 10.5 Å². The van der Waals surface area contributed by atoms with Gasteiger partial charge in [0.2, 0.25) is 0 Å².